The molecule has 2 aromatic rings. The van der Waals surface area contributed by atoms with E-state index in [1.165, 1.54) is 0 Å². The second kappa shape index (κ2) is 7.23. The van der Waals surface area contributed by atoms with Crippen LogP contribution >= 0.6 is 11.3 Å². The van der Waals surface area contributed by atoms with Crippen LogP contribution in [-0.2, 0) is 4.79 Å². The number of carbonyl (C=O) groups excluding carboxylic acids is 1. The normalized spacial score (nSPS) is 16.2. The van der Waals surface area contributed by atoms with Crippen molar-refractivity contribution in [3.63, 3.8) is 0 Å². The first-order valence-corrected chi connectivity index (χ1v) is 8.88. The van der Waals surface area contributed by atoms with Gasteiger partial charge in [-0.1, -0.05) is 0 Å². The van der Waals surface area contributed by atoms with Crippen LogP contribution in [0.4, 0.5) is 5.82 Å². The second-order valence-electron chi connectivity index (χ2n) is 6.19. The molecule has 6 nitrogen and oxygen atoms in total. The first kappa shape index (κ1) is 16.1. The molecule has 0 aliphatic carbocycles. The highest BCUT2D eigenvalue weighted by molar-refractivity contribution is 7.16. The summed E-state index contributed by atoms with van der Waals surface area (Å²) in [4.78, 5) is 26.4. The predicted octanol–water partition coefficient (Wildman–Crippen LogP) is 1.59. The molecule has 3 heterocycles. The molecule has 3 rings (SSSR count). The molecule has 0 atom stereocenters. The van der Waals surface area contributed by atoms with Crippen molar-refractivity contribution in [3.05, 3.63) is 17.8 Å². The van der Waals surface area contributed by atoms with Gasteiger partial charge in [0.05, 0.1) is 5.39 Å². The predicted molar refractivity (Wildman–Crippen MR) is 93.9 cm³/mol. The molecular weight excluding hydrogens is 310 g/mol. The molecule has 1 amide bonds. The highest BCUT2D eigenvalue weighted by Crippen LogP contribution is 2.29. The van der Waals surface area contributed by atoms with Crippen LogP contribution in [0.15, 0.2) is 17.8 Å². The third-order valence-electron chi connectivity index (χ3n) is 4.26. The largest absolute Gasteiger partial charge is 0.356 e. The standard InChI is InChI=1S/C16H23N5OS/c1-20(2)9-6-17-15(22)12-3-7-21(8-4-12)14-13-5-10-23-16(13)19-11-18-14/h5,10-12H,3-4,6-9H2,1-2H3,(H,17,22). The molecular formula is C16H23N5OS. The number of aromatic nitrogens is 2. The SMILES string of the molecule is CN(C)CCNC(=O)C1CCN(c2ncnc3sccc23)CC1. The summed E-state index contributed by atoms with van der Waals surface area (Å²) in [6.07, 6.45) is 3.39. The first-order chi connectivity index (χ1) is 11.1. The minimum absolute atomic E-state index is 0.119. The van der Waals surface area contributed by atoms with Gasteiger partial charge in [-0.2, -0.15) is 0 Å². The highest BCUT2D eigenvalue weighted by Gasteiger charge is 2.26. The Bertz CT molecular complexity index is 663. The number of anilines is 1. The van der Waals surface area contributed by atoms with Crippen molar-refractivity contribution in [2.24, 2.45) is 5.92 Å². The lowest BCUT2D eigenvalue weighted by Crippen LogP contribution is -2.42. The number of carbonyl (C=O) groups is 1. The lowest BCUT2D eigenvalue weighted by molar-refractivity contribution is -0.125. The molecule has 0 saturated carbocycles. The molecule has 0 aromatic carbocycles. The molecule has 0 unspecified atom stereocenters. The number of hydrogen-bond donors (Lipinski definition) is 1. The smallest absolute Gasteiger partial charge is 0.223 e. The number of nitrogens with one attached hydrogen (secondary N) is 1. The topological polar surface area (TPSA) is 61.4 Å². The van der Waals surface area contributed by atoms with E-state index in [1.54, 1.807) is 17.7 Å². The Labute approximate surface area is 140 Å². The van der Waals surface area contributed by atoms with Gasteiger partial charge in [0.1, 0.15) is 17.0 Å². The number of amides is 1. The molecule has 0 spiro atoms. The molecule has 2 aromatic heterocycles. The zero-order valence-electron chi connectivity index (χ0n) is 13.7. The fraction of sp³-hybridized carbons (Fsp3) is 0.562. The number of hydrogen-bond acceptors (Lipinski definition) is 6. The average molecular weight is 333 g/mol. The summed E-state index contributed by atoms with van der Waals surface area (Å²) < 4.78 is 0. The Morgan fingerprint density at radius 3 is 2.91 bits per heavy atom. The van der Waals surface area contributed by atoms with E-state index in [0.29, 0.717) is 6.54 Å². The van der Waals surface area contributed by atoms with E-state index in [0.717, 1.165) is 48.5 Å². The van der Waals surface area contributed by atoms with E-state index >= 15 is 0 Å². The van der Waals surface area contributed by atoms with Crippen molar-refractivity contribution in [3.8, 4) is 0 Å². The fourth-order valence-corrected chi connectivity index (χ4v) is 3.66. The Morgan fingerprint density at radius 1 is 1.39 bits per heavy atom. The number of piperidine rings is 1. The van der Waals surface area contributed by atoms with Crippen LogP contribution in [0.2, 0.25) is 0 Å². The molecule has 1 saturated heterocycles. The van der Waals surface area contributed by atoms with Gasteiger partial charge in [0.15, 0.2) is 0 Å². The summed E-state index contributed by atoms with van der Waals surface area (Å²) in [5, 5.41) is 6.21. The van der Waals surface area contributed by atoms with Gasteiger partial charge in [0.2, 0.25) is 5.91 Å². The minimum atomic E-state index is 0.119. The number of nitrogens with zero attached hydrogens (tertiary/aromatic N) is 4. The van der Waals surface area contributed by atoms with Crippen LogP contribution in [0.1, 0.15) is 12.8 Å². The second-order valence-corrected chi connectivity index (χ2v) is 7.09. The van der Waals surface area contributed by atoms with Gasteiger partial charge in [-0.15, -0.1) is 11.3 Å². The van der Waals surface area contributed by atoms with Gasteiger partial charge in [-0.25, -0.2) is 9.97 Å². The van der Waals surface area contributed by atoms with Crippen molar-refractivity contribution in [1.82, 2.24) is 20.2 Å². The number of thiophene rings is 1. The maximum atomic E-state index is 12.2. The Hall–Kier alpha value is -1.73. The summed E-state index contributed by atoms with van der Waals surface area (Å²) in [6.45, 7) is 3.33. The monoisotopic (exact) mass is 333 g/mol. The summed E-state index contributed by atoms with van der Waals surface area (Å²) in [6, 6.07) is 2.08. The van der Waals surface area contributed by atoms with Crippen LogP contribution in [0.25, 0.3) is 10.2 Å². The van der Waals surface area contributed by atoms with Crippen molar-refractivity contribution in [2.45, 2.75) is 12.8 Å². The Balaban J connectivity index is 1.56. The van der Waals surface area contributed by atoms with E-state index in [2.05, 4.69) is 31.2 Å². The summed E-state index contributed by atoms with van der Waals surface area (Å²) in [7, 11) is 4.02. The molecule has 1 aliphatic heterocycles. The van der Waals surface area contributed by atoms with E-state index in [4.69, 9.17) is 0 Å². The van der Waals surface area contributed by atoms with E-state index in [9.17, 15) is 4.79 Å². The first-order valence-electron chi connectivity index (χ1n) is 8.01. The summed E-state index contributed by atoms with van der Waals surface area (Å²) in [5.41, 5.74) is 0. The Kier molecular flexibility index (Phi) is 5.07. The zero-order chi connectivity index (χ0) is 16.2. The fourth-order valence-electron chi connectivity index (χ4n) is 2.93. The molecule has 1 aliphatic rings. The molecule has 124 valence electrons. The lowest BCUT2D eigenvalue weighted by atomic mass is 9.96. The molecule has 0 radical (unpaired) electrons. The zero-order valence-corrected chi connectivity index (χ0v) is 14.5. The Morgan fingerprint density at radius 2 is 2.17 bits per heavy atom. The van der Waals surface area contributed by atoms with Gasteiger partial charge in [0, 0.05) is 32.1 Å². The lowest BCUT2D eigenvalue weighted by Gasteiger charge is -2.32. The third kappa shape index (κ3) is 3.79. The molecule has 1 N–H and O–H groups in total. The van der Waals surface area contributed by atoms with Crippen molar-refractivity contribution in [2.75, 3.05) is 45.2 Å². The molecule has 7 heteroatoms. The number of fused-ring (bicyclic) bond motifs is 1. The van der Waals surface area contributed by atoms with Crippen LogP contribution in [0.3, 0.4) is 0 Å². The number of likely N-dealkylation sites (N-methyl/N-ethyl adjacent to an activating group) is 1. The minimum Gasteiger partial charge on any atom is -0.356 e. The van der Waals surface area contributed by atoms with Crippen molar-refractivity contribution in [1.29, 1.82) is 0 Å². The van der Waals surface area contributed by atoms with E-state index in [-0.39, 0.29) is 11.8 Å². The van der Waals surface area contributed by atoms with E-state index < -0.39 is 0 Å². The molecule has 0 bridgehead atoms. The van der Waals surface area contributed by atoms with Crippen molar-refractivity contribution < 1.29 is 4.79 Å². The van der Waals surface area contributed by atoms with Gasteiger partial charge >= 0.3 is 0 Å². The summed E-state index contributed by atoms with van der Waals surface area (Å²) >= 11 is 1.64. The van der Waals surface area contributed by atoms with Crippen LogP contribution in [0, 0.1) is 5.92 Å². The maximum absolute atomic E-state index is 12.2. The quantitative estimate of drug-likeness (QED) is 0.900. The van der Waals surface area contributed by atoms with Crippen LogP contribution in [-0.4, -0.2) is 61.0 Å². The average Bonchev–Trinajstić information content (AvgIpc) is 3.03. The molecule has 1 fully saturated rings. The van der Waals surface area contributed by atoms with E-state index in [1.807, 2.05) is 19.5 Å². The van der Waals surface area contributed by atoms with Gasteiger partial charge in [0.25, 0.3) is 0 Å². The van der Waals surface area contributed by atoms with Gasteiger partial charge in [-0.3, -0.25) is 4.79 Å². The highest BCUT2D eigenvalue weighted by atomic mass is 32.1. The van der Waals surface area contributed by atoms with Crippen molar-refractivity contribution >= 4 is 33.3 Å². The van der Waals surface area contributed by atoms with Gasteiger partial charge in [-0.05, 0) is 38.4 Å². The maximum Gasteiger partial charge on any atom is 0.223 e. The van der Waals surface area contributed by atoms with Crippen LogP contribution in [0.5, 0.6) is 0 Å². The van der Waals surface area contributed by atoms with Crippen LogP contribution < -0.4 is 10.2 Å². The molecule has 23 heavy (non-hydrogen) atoms. The third-order valence-corrected chi connectivity index (χ3v) is 5.08. The summed E-state index contributed by atoms with van der Waals surface area (Å²) in [5.74, 6) is 1.31. The van der Waals surface area contributed by atoms with Gasteiger partial charge < -0.3 is 15.1 Å². The number of rotatable bonds is 5.